The Bertz CT molecular complexity index is 925. The van der Waals surface area contributed by atoms with E-state index in [1.807, 2.05) is 0 Å². The molecule has 25 heavy (non-hydrogen) atoms. The van der Waals surface area contributed by atoms with Crippen molar-refractivity contribution in [3.8, 4) is 11.3 Å². The van der Waals surface area contributed by atoms with Crippen LogP contribution in [0.1, 0.15) is 28.1 Å². The maximum atomic E-state index is 13.0. The zero-order valence-corrected chi connectivity index (χ0v) is 13.8. The van der Waals surface area contributed by atoms with Gasteiger partial charge < -0.3 is 9.42 Å². The first kappa shape index (κ1) is 15.5. The van der Waals surface area contributed by atoms with Crippen LogP contribution in [0.4, 0.5) is 4.39 Å². The summed E-state index contributed by atoms with van der Waals surface area (Å²) in [5.74, 6) is 0.832. The number of halogens is 1. The van der Waals surface area contributed by atoms with Crippen molar-refractivity contribution in [1.29, 1.82) is 0 Å². The van der Waals surface area contributed by atoms with Crippen LogP contribution in [0.25, 0.3) is 11.3 Å². The number of carbonyl (C=O) groups is 1. The van der Waals surface area contributed by atoms with Gasteiger partial charge in [0.25, 0.3) is 5.91 Å². The molecule has 7 nitrogen and oxygen atoms in total. The highest BCUT2D eigenvalue weighted by Crippen LogP contribution is 2.28. The smallest absolute Gasteiger partial charge is 0.272 e. The molecule has 0 saturated carbocycles. The van der Waals surface area contributed by atoms with Crippen LogP contribution in [0.5, 0.6) is 0 Å². The molecule has 128 valence electrons. The minimum Gasteiger partial charge on any atom is -0.339 e. The lowest BCUT2D eigenvalue weighted by Crippen LogP contribution is -2.49. The third-order valence-corrected chi connectivity index (χ3v) is 4.30. The molecule has 3 aromatic rings. The van der Waals surface area contributed by atoms with Gasteiger partial charge in [0, 0.05) is 25.7 Å². The summed E-state index contributed by atoms with van der Waals surface area (Å²) in [4.78, 5) is 18.6. The van der Waals surface area contributed by atoms with E-state index in [0.717, 1.165) is 5.56 Å². The molecule has 1 saturated heterocycles. The molecule has 0 bridgehead atoms. The molecule has 0 unspecified atom stereocenters. The number of hydrogen-bond donors (Lipinski definition) is 0. The fraction of sp³-hybridized carbons (Fsp3) is 0.294. The molecule has 1 aliphatic rings. The van der Waals surface area contributed by atoms with Crippen molar-refractivity contribution in [1.82, 2.24) is 24.8 Å². The lowest BCUT2D eigenvalue weighted by molar-refractivity contribution is 0.0558. The predicted octanol–water partition coefficient (Wildman–Crippen LogP) is 2.16. The first-order valence-electron chi connectivity index (χ1n) is 7.91. The van der Waals surface area contributed by atoms with E-state index in [9.17, 15) is 9.18 Å². The monoisotopic (exact) mass is 341 g/mol. The molecule has 1 fully saturated rings. The van der Waals surface area contributed by atoms with Gasteiger partial charge in [0.2, 0.25) is 5.89 Å². The Morgan fingerprint density at radius 3 is 2.64 bits per heavy atom. The molecule has 0 radical (unpaired) electrons. The first-order valence-corrected chi connectivity index (χ1v) is 7.91. The number of carbonyl (C=O) groups excluding carboxylic acids is 1. The SMILES string of the molecule is Cc1noc(C2CN(C(=O)c3cc(-c4ccc(F)cc4)nn3C)C2)n1. The second-order valence-corrected chi connectivity index (χ2v) is 6.13. The van der Waals surface area contributed by atoms with Crippen LogP contribution in [0, 0.1) is 12.7 Å². The predicted molar refractivity (Wildman–Crippen MR) is 86.3 cm³/mol. The number of aryl methyl sites for hydroxylation is 2. The van der Waals surface area contributed by atoms with E-state index < -0.39 is 0 Å². The van der Waals surface area contributed by atoms with Crippen LogP contribution in [0.15, 0.2) is 34.9 Å². The summed E-state index contributed by atoms with van der Waals surface area (Å²) in [6, 6.07) is 7.75. The van der Waals surface area contributed by atoms with Gasteiger partial charge in [0.05, 0.1) is 11.6 Å². The molecule has 2 aromatic heterocycles. The largest absolute Gasteiger partial charge is 0.339 e. The van der Waals surface area contributed by atoms with E-state index in [4.69, 9.17) is 4.52 Å². The summed E-state index contributed by atoms with van der Waals surface area (Å²) in [5.41, 5.74) is 1.88. The van der Waals surface area contributed by atoms with Crippen LogP contribution in [0.3, 0.4) is 0 Å². The Morgan fingerprint density at radius 1 is 1.28 bits per heavy atom. The van der Waals surface area contributed by atoms with Crippen molar-refractivity contribution >= 4 is 5.91 Å². The summed E-state index contributed by atoms with van der Waals surface area (Å²) in [6.45, 7) is 2.84. The van der Waals surface area contributed by atoms with E-state index >= 15 is 0 Å². The van der Waals surface area contributed by atoms with Gasteiger partial charge in [-0.25, -0.2) is 4.39 Å². The molecule has 4 rings (SSSR count). The van der Waals surface area contributed by atoms with E-state index in [1.54, 1.807) is 41.8 Å². The molecule has 0 aliphatic carbocycles. The van der Waals surface area contributed by atoms with E-state index in [2.05, 4.69) is 15.2 Å². The van der Waals surface area contributed by atoms with Gasteiger partial charge in [-0.05, 0) is 37.3 Å². The number of amides is 1. The Morgan fingerprint density at radius 2 is 2.00 bits per heavy atom. The molecular weight excluding hydrogens is 325 g/mol. The van der Waals surface area contributed by atoms with Gasteiger partial charge in [-0.3, -0.25) is 9.48 Å². The second-order valence-electron chi connectivity index (χ2n) is 6.13. The number of likely N-dealkylation sites (tertiary alicyclic amines) is 1. The number of hydrogen-bond acceptors (Lipinski definition) is 5. The van der Waals surface area contributed by atoms with Crippen molar-refractivity contribution in [3.63, 3.8) is 0 Å². The van der Waals surface area contributed by atoms with E-state index in [-0.39, 0.29) is 17.6 Å². The van der Waals surface area contributed by atoms with Gasteiger partial charge in [0.15, 0.2) is 5.82 Å². The lowest BCUT2D eigenvalue weighted by atomic mass is 9.99. The number of aromatic nitrogens is 4. The molecule has 0 spiro atoms. The van der Waals surface area contributed by atoms with Crippen molar-refractivity contribution in [2.75, 3.05) is 13.1 Å². The second kappa shape index (κ2) is 5.80. The third-order valence-electron chi connectivity index (χ3n) is 4.30. The van der Waals surface area contributed by atoms with Crippen LogP contribution in [-0.4, -0.2) is 43.8 Å². The topological polar surface area (TPSA) is 77.0 Å². The van der Waals surface area contributed by atoms with E-state index in [0.29, 0.717) is 36.2 Å². The lowest BCUT2D eigenvalue weighted by Gasteiger charge is -2.36. The molecular formula is C17H16FN5O2. The third kappa shape index (κ3) is 2.79. The first-order chi connectivity index (χ1) is 12.0. The molecule has 0 atom stereocenters. The standard InChI is InChI=1S/C17H16FN5O2/c1-10-19-16(25-21-10)12-8-23(9-12)17(24)15-7-14(20-22(15)2)11-3-5-13(18)6-4-11/h3-7,12H,8-9H2,1-2H3. The molecule has 0 N–H and O–H groups in total. The summed E-state index contributed by atoms with van der Waals surface area (Å²) in [6.07, 6.45) is 0. The summed E-state index contributed by atoms with van der Waals surface area (Å²) in [5, 5.41) is 8.13. The Balaban J connectivity index is 1.49. The normalized spacial score (nSPS) is 14.6. The van der Waals surface area contributed by atoms with Crippen LogP contribution < -0.4 is 0 Å². The molecule has 1 aromatic carbocycles. The quantitative estimate of drug-likeness (QED) is 0.729. The summed E-state index contributed by atoms with van der Waals surface area (Å²) < 4.78 is 19.7. The summed E-state index contributed by atoms with van der Waals surface area (Å²) in [7, 11) is 1.72. The average Bonchev–Trinajstić information content (AvgIpc) is 3.13. The van der Waals surface area contributed by atoms with Gasteiger partial charge in [0.1, 0.15) is 11.5 Å². The highest BCUT2D eigenvalue weighted by Gasteiger charge is 2.36. The highest BCUT2D eigenvalue weighted by molar-refractivity contribution is 5.94. The zero-order valence-electron chi connectivity index (χ0n) is 13.8. The highest BCUT2D eigenvalue weighted by atomic mass is 19.1. The van der Waals surface area contributed by atoms with Crippen molar-refractivity contribution < 1.29 is 13.7 Å². The average molecular weight is 341 g/mol. The molecule has 8 heteroatoms. The van der Waals surface area contributed by atoms with Gasteiger partial charge in [-0.2, -0.15) is 10.1 Å². The van der Waals surface area contributed by atoms with Crippen LogP contribution in [-0.2, 0) is 7.05 Å². The fourth-order valence-corrected chi connectivity index (χ4v) is 2.87. The van der Waals surface area contributed by atoms with Crippen LogP contribution >= 0.6 is 0 Å². The number of nitrogens with zero attached hydrogens (tertiary/aromatic N) is 5. The molecule has 1 amide bonds. The summed E-state index contributed by atoms with van der Waals surface area (Å²) >= 11 is 0. The minimum absolute atomic E-state index is 0.0787. The van der Waals surface area contributed by atoms with Gasteiger partial charge in [-0.15, -0.1) is 0 Å². The van der Waals surface area contributed by atoms with Crippen molar-refractivity contribution in [3.05, 3.63) is 53.6 Å². The number of rotatable bonds is 3. The van der Waals surface area contributed by atoms with Crippen molar-refractivity contribution in [2.45, 2.75) is 12.8 Å². The van der Waals surface area contributed by atoms with Gasteiger partial charge >= 0.3 is 0 Å². The van der Waals surface area contributed by atoms with Crippen LogP contribution in [0.2, 0.25) is 0 Å². The maximum Gasteiger partial charge on any atom is 0.272 e. The molecule has 3 heterocycles. The van der Waals surface area contributed by atoms with Crippen molar-refractivity contribution in [2.24, 2.45) is 7.05 Å². The Labute approximate surface area is 143 Å². The zero-order chi connectivity index (χ0) is 17.6. The van der Waals surface area contributed by atoms with Gasteiger partial charge in [-0.1, -0.05) is 5.16 Å². The minimum atomic E-state index is -0.307. The Hall–Kier alpha value is -3.03. The molecule has 1 aliphatic heterocycles. The number of benzene rings is 1. The Kier molecular flexibility index (Phi) is 3.60. The fourth-order valence-electron chi connectivity index (χ4n) is 2.87. The maximum absolute atomic E-state index is 13.0. The van der Waals surface area contributed by atoms with E-state index in [1.165, 1.54) is 12.1 Å².